The highest BCUT2D eigenvalue weighted by atomic mass is 19.2. The topological polar surface area (TPSA) is 39.3 Å². The molecule has 0 saturated carbocycles. The van der Waals surface area contributed by atoms with Gasteiger partial charge in [0.25, 0.3) is 0 Å². The molecule has 2 fully saturated rings. The van der Waals surface area contributed by atoms with Crippen molar-refractivity contribution in [2.24, 2.45) is 0 Å². The van der Waals surface area contributed by atoms with Crippen molar-refractivity contribution in [2.45, 2.75) is 71.4 Å². The minimum Gasteiger partial charge on any atom is -0.494 e. The number of hydrogen-bond donors (Lipinski definition) is 0. The van der Waals surface area contributed by atoms with E-state index < -0.39 is 17.5 Å². The number of halogens is 3. The first-order valence-corrected chi connectivity index (χ1v) is 15.7. The third kappa shape index (κ3) is 7.78. The number of carbonyl (C=O) groups excluding carboxylic acids is 1. The number of nitrogens with zero attached hydrogens (tertiary/aromatic N) is 4. The molecule has 5 rings (SSSR count). The molecule has 0 aliphatic carbocycles. The summed E-state index contributed by atoms with van der Waals surface area (Å²) >= 11 is 0. The number of likely N-dealkylation sites (tertiary alicyclic amines) is 1. The lowest BCUT2D eigenvalue weighted by atomic mass is 10.1. The Hall–Kier alpha value is -2.78. The van der Waals surface area contributed by atoms with Crippen LogP contribution in [0.3, 0.4) is 0 Å². The molecule has 1 amide bonds. The van der Waals surface area contributed by atoms with E-state index >= 15 is 0 Å². The second-order valence-corrected chi connectivity index (χ2v) is 12.1. The van der Waals surface area contributed by atoms with Crippen LogP contribution in [0, 0.1) is 24.4 Å². The molecule has 2 aromatic carbocycles. The van der Waals surface area contributed by atoms with Crippen molar-refractivity contribution < 1.29 is 22.7 Å². The summed E-state index contributed by atoms with van der Waals surface area (Å²) in [5.41, 5.74) is 2.27. The summed E-state index contributed by atoms with van der Waals surface area (Å²) in [5.74, 6) is -1.71. The van der Waals surface area contributed by atoms with E-state index in [1.54, 1.807) is 4.90 Å². The lowest BCUT2D eigenvalue weighted by Gasteiger charge is -2.36. The van der Waals surface area contributed by atoms with Crippen molar-refractivity contribution >= 4 is 11.6 Å². The van der Waals surface area contributed by atoms with E-state index in [0.29, 0.717) is 32.6 Å². The monoisotopic (exact) mass is 586 g/mol. The van der Waals surface area contributed by atoms with Gasteiger partial charge in [-0.2, -0.15) is 0 Å². The van der Waals surface area contributed by atoms with Gasteiger partial charge in [0.2, 0.25) is 5.91 Å². The molecule has 2 aromatic rings. The van der Waals surface area contributed by atoms with Gasteiger partial charge in [0.05, 0.1) is 12.3 Å². The average molecular weight is 587 g/mol. The lowest BCUT2D eigenvalue weighted by molar-refractivity contribution is -0.131. The predicted octanol–water partition coefficient (Wildman–Crippen LogP) is 5.89. The summed E-state index contributed by atoms with van der Waals surface area (Å²) in [4.78, 5) is 21.5. The molecule has 0 spiro atoms. The third-order valence-electron chi connectivity index (χ3n) is 9.02. The Balaban J connectivity index is 0.952. The third-order valence-corrected chi connectivity index (χ3v) is 9.02. The first-order valence-electron chi connectivity index (χ1n) is 15.7. The fourth-order valence-electron chi connectivity index (χ4n) is 6.40. The molecule has 3 aliphatic rings. The van der Waals surface area contributed by atoms with Gasteiger partial charge in [-0.05, 0) is 81.9 Å². The summed E-state index contributed by atoms with van der Waals surface area (Å²) in [5, 5.41) is 0. The summed E-state index contributed by atoms with van der Waals surface area (Å²) in [6.07, 6.45) is 8.39. The molecule has 2 saturated heterocycles. The molecule has 0 bridgehead atoms. The molecule has 3 heterocycles. The predicted molar refractivity (Wildman–Crippen MR) is 159 cm³/mol. The number of benzene rings is 2. The number of rotatable bonds is 12. The smallest absolute Gasteiger partial charge is 0.223 e. The number of carbonyl (C=O) groups is 1. The van der Waals surface area contributed by atoms with Crippen LogP contribution in [0.15, 0.2) is 24.3 Å². The molecular formula is C33H45F3N4O2. The molecule has 6 nitrogen and oxygen atoms in total. The summed E-state index contributed by atoms with van der Waals surface area (Å²) in [6, 6.07) is 7.20. The highest BCUT2D eigenvalue weighted by Crippen LogP contribution is 2.29. The summed E-state index contributed by atoms with van der Waals surface area (Å²) in [6.45, 7) is 10.4. The fraction of sp³-hybridized carbons (Fsp3) is 0.606. The van der Waals surface area contributed by atoms with Crippen LogP contribution < -0.4 is 9.64 Å². The van der Waals surface area contributed by atoms with Crippen molar-refractivity contribution in [3.8, 4) is 5.75 Å². The SMILES string of the molecule is Cc1c(F)c(F)cc(N2CCN(CCCCCC(=O)N3Cc4ccc(OCCCN5CCCCC5)cc4C3)CC2)c1F. The van der Waals surface area contributed by atoms with E-state index in [-0.39, 0.29) is 17.2 Å². The quantitative estimate of drug-likeness (QED) is 0.229. The number of ether oxygens (including phenoxy) is 1. The summed E-state index contributed by atoms with van der Waals surface area (Å²) < 4.78 is 48.0. The molecular weight excluding hydrogens is 541 g/mol. The number of piperazine rings is 1. The van der Waals surface area contributed by atoms with Crippen molar-refractivity contribution in [2.75, 3.05) is 63.9 Å². The van der Waals surface area contributed by atoms with Gasteiger partial charge in [0, 0.05) is 63.9 Å². The second-order valence-electron chi connectivity index (χ2n) is 12.1. The summed E-state index contributed by atoms with van der Waals surface area (Å²) in [7, 11) is 0. The van der Waals surface area contributed by atoms with Crippen LogP contribution in [-0.4, -0.2) is 79.6 Å². The number of anilines is 1. The fourth-order valence-corrected chi connectivity index (χ4v) is 6.40. The van der Waals surface area contributed by atoms with E-state index in [4.69, 9.17) is 4.74 Å². The zero-order valence-electron chi connectivity index (χ0n) is 25.0. The van der Waals surface area contributed by atoms with E-state index in [1.165, 1.54) is 50.4 Å². The molecule has 0 unspecified atom stereocenters. The van der Waals surface area contributed by atoms with E-state index in [9.17, 15) is 18.0 Å². The van der Waals surface area contributed by atoms with Gasteiger partial charge in [-0.25, -0.2) is 13.2 Å². The zero-order valence-corrected chi connectivity index (χ0v) is 25.0. The van der Waals surface area contributed by atoms with Crippen LogP contribution in [0.4, 0.5) is 18.9 Å². The van der Waals surface area contributed by atoms with Crippen LogP contribution in [0.5, 0.6) is 5.75 Å². The van der Waals surface area contributed by atoms with E-state index in [0.717, 1.165) is 70.3 Å². The Morgan fingerprint density at radius 3 is 2.29 bits per heavy atom. The Bertz CT molecular complexity index is 1210. The molecule has 0 aromatic heterocycles. The lowest BCUT2D eigenvalue weighted by Crippen LogP contribution is -2.47. The number of amides is 1. The Kier molecular flexibility index (Phi) is 10.7. The Morgan fingerprint density at radius 1 is 0.786 bits per heavy atom. The number of unbranched alkanes of at least 4 members (excludes halogenated alkanes) is 2. The Labute approximate surface area is 248 Å². The first-order chi connectivity index (χ1) is 20.4. The van der Waals surface area contributed by atoms with Gasteiger partial charge in [-0.1, -0.05) is 18.9 Å². The van der Waals surface area contributed by atoms with Crippen LogP contribution in [-0.2, 0) is 17.9 Å². The van der Waals surface area contributed by atoms with Crippen LogP contribution in [0.25, 0.3) is 0 Å². The van der Waals surface area contributed by atoms with Crippen molar-refractivity contribution in [1.82, 2.24) is 14.7 Å². The van der Waals surface area contributed by atoms with Gasteiger partial charge in [-0.15, -0.1) is 0 Å². The van der Waals surface area contributed by atoms with E-state index in [2.05, 4.69) is 21.9 Å². The minimum atomic E-state index is -1.12. The van der Waals surface area contributed by atoms with Crippen LogP contribution in [0.2, 0.25) is 0 Å². The van der Waals surface area contributed by atoms with Gasteiger partial charge < -0.3 is 19.4 Å². The number of fused-ring (bicyclic) bond motifs is 1. The maximum Gasteiger partial charge on any atom is 0.223 e. The average Bonchev–Trinajstić information content (AvgIpc) is 3.44. The van der Waals surface area contributed by atoms with Crippen molar-refractivity contribution in [3.63, 3.8) is 0 Å². The van der Waals surface area contributed by atoms with Crippen molar-refractivity contribution in [1.29, 1.82) is 0 Å². The maximum atomic E-state index is 14.5. The second kappa shape index (κ2) is 14.6. The highest BCUT2D eigenvalue weighted by Gasteiger charge is 2.25. The molecule has 3 aliphatic heterocycles. The van der Waals surface area contributed by atoms with Gasteiger partial charge in [-0.3, -0.25) is 9.69 Å². The maximum absolute atomic E-state index is 14.5. The van der Waals surface area contributed by atoms with Gasteiger partial charge in [0.15, 0.2) is 17.5 Å². The Morgan fingerprint density at radius 2 is 1.50 bits per heavy atom. The highest BCUT2D eigenvalue weighted by molar-refractivity contribution is 5.77. The largest absolute Gasteiger partial charge is 0.494 e. The first kappa shape index (κ1) is 30.7. The molecule has 0 radical (unpaired) electrons. The van der Waals surface area contributed by atoms with Gasteiger partial charge in [0.1, 0.15) is 5.75 Å². The van der Waals surface area contributed by atoms with E-state index in [1.807, 2.05) is 11.0 Å². The number of hydrogen-bond acceptors (Lipinski definition) is 5. The van der Waals surface area contributed by atoms with Crippen LogP contribution in [0.1, 0.15) is 68.1 Å². The minimum absolute atomic E-state index is 0.139. The zero-order chi connectivity index (χ0) is 29.5. The standard InChI is InChI=1S/C33H45F3N4O2/c1-25-32(35)29(34)22-30(33(25)36)39-18-16-38(17-19-39)14-5-2-4-9-31(41)40-23-26-10-11-28(21-27(26)24-40)42-20-8-15-37-12-6-3-7-13-37/h10-11,21-22H,2-9,12-20,23-24H2,1H3. The number of piperidine rings is 1. The normalized spacial score (nSPS) is 18.0. The van der Waals surface area contributed by atoms with Crippen LogP contribution >= 0.6 is 0 Å². The van der Waals surface area contributed by atoms with Crippen molar-refractivity contribution in [3.05, 3.63) is 58.4 Å². The molecule has 0 N–H and O–H groups in total. The molecule has 230 valence electrons. The molecule has 42 heavy (non-hydrogen) atoms. The molecule has 9 heteroatoms. The molecule has 0 atom stereocenters. The van der Waals surface area contributed by atoms with Gasteiger partial charge >= 0.3 is 0 Å².